The number of rotatable bonds is 8. The zero-order valence-corrected chi connectivity index (χ0v) is 16.2. The van der Waals surface area contributed by atoms with Gasteiger partial charge in [0.2, 0.25) is 0 Å². The predicted octanol–water partition coefficient (Wildman–Crippen LogP) is 2.49. The Hall–Kier alpha value is -1.81. The molecule has 0 spiro atoms. The largest absolute Gasteiger partial charge is 0.481 e. The second-order valence-electron chi connectivity index (χ2n) is 6.36. The summed E-state index contributed by atoms with van der Waals surface area (Å²) >= 11 is 5.96. The van der Waals surface area contributed by atoms with Gasteiger partial charge in [0, 0.05) is 37.7 Å². The van der Waals surface area contributed by atoms with E-state index in [2.05, 4.69) is 11.0 Å². The number of nitriles is 1. The van der Waals surface area contributed by atoms with Gasteiger partial charge in [0.1, 0.15) is 5.75 Å². The van der Waals surface area contributed by atoms with Gasteiger partial charge in [0.05, 0.1) is 25.7 Å². The summed E-state index contributed by atoms with van der Waals surface area (Å²) in [4.78, 5) is 16.8. The van der Waals surface area contributed by atoms with Crippen molar-refractivity contribution in [2.45, 2.75) is 26.4 Å². The standard InChI is InChI=1S/C19H26ClN3O3/c1-15-14-17(20)4-5-18(15)26-16(2)19(24)23(7-3-6-21)9-8-22-10-12-25-13-11-22/h4-5,14,16H,3,7-13H2,1-2H3. The molecule has 0 bridgehead atoms. The van der Waals surface area contributed by atoms with Crippen LogP contribution in [-0.2, 0) is 9.53 Å². The molecule has 1 aliphatic rings. The molecule has 0 radical (unpaired) electrons. The SMILES string of the molecule is Cc1cc(Cl)ccc1OC(C)C(=O)N(CCC#N)CCN1CCOCC1. The predicted molar refractivity (Wildman–Crippen MR) is 100 cm³/mol. The van der Waals surface area contributed by atoms with Gasteiger partial charge in [-0.25, -0.2) is 0 Å². The average molecular weight is 380 g/mol. The van der Waals surface area contributed by atoms with Gasteiger partial charge < -0.3 is 14.4 Å². The number of amides is 1. The van der Waals surface area contributed by atoms with Gasteiger partial charge >= 0.3 is 0 Å². The molecule has 1 aliphatic heterocycles. The number of morpholine rings is 1. The zero-order chi connectivity index (χ0) is 18.9. The number of nitrogens with zero attached hydrogens (tertiary/aromatic N) is 3. The zero-order valence-electron chi connectivity index (χ0n) is 15.4. The molecule has 1 aromatic rings. The molecule has 1 saturated heterocycles. The second kappa shape index (κ2) is 10.4. The van der Waals surface area contributed by atoms with Crippen molar-refractivity contribution in [2.75, 3.05) is 45.9 Å². The summed E-state index contributed by atoms with van der Waals surface area (Å²) in [6, 6.07) is 7.43. The molecule has 0 saturated carbocycles. The minimum absolute atomic E-state index is 0.108. The first-order valence-corrected chi connectivity index (χ1v) is 9.27. The van der Waals surface area contributed by atoms with E-state index in [4.69, 9.17) is 26.3 Å². The summed E-state index contributed by atoms with van der Waals surface area (Å²) in [5.74, 6) is 0.534. The van der Waals surface area contributed by atoms with Crippen LogP contribution < -0.4 is 4.74 Å². The van der Waals surface area contributed by atoms with Crippen molar-refractivity contribution >= 4 is 17.5 Å². The Kier molecular flexibility index (Phi) is 8.17. The Morgan fingerprint density at radius 1 is 1.42 bits per heavy atom. The Bertz CT molecular complexity index is 641. The van der Waals surface area contributed by atoms with Crippen LogP contribution in [0.4, 0.5) is 0 Å². The van der Waals surface area contributed by atoms with Crippen LogP contribution in [0.15, 0.2) is 18.2 Å². The number of carbonyl (C=O) groups excluding carboxylic acids is 1. The molecule has 0 aliphatic carbocycles. The molecule has 1 aromatic carbocycles. The van der Waals surface area contributed by atoms with Crippen molar-refractivity contribution < 1.29 is 14.3 Å². The number of hydrogen-bond donors (Lipinski definition) is 0. The Balaban J connectivity index is 1.95. The van der Waals surface area contributed by atoms with Crippen LogP contribution in [0.25, 0.3) is 0 Å². The monoisotopic (exact) mass is 379 g/mol. The molecule has 1 unspecified atom stereocenters. The van der Waals surface area contributed by atoms with Crippen LogP contribution in [0.3, 0.4) is 0 Å². The van der Waals surface area contributed by atoms with E-state index in [1.807, 2.05) is 6.92 Å². The van der Waals surface area contributed by atoms with Gasteiger partial charge in [-0.3, -0.25) is 9.69 Å². The van der Waals surface area contributed by atoms with Gasteiger partial charge in [-0.1, -0.05) is 11.6 Å². The highest BCUT2D eigenvalue weighted by Crippen LogP contribution is 2.23. The van der Waals surface area contributed by atoms with Crippen molar-refractivity contribution in [3.05, 3.63) is 28.8 Å². The van der Waals surface area contributed by atoms with Crippen LogP contribution in [0.5, 0.6) is 5.75 Å². The van der Waals surface area contributed by atoms with Gasteiger partial charge in [-0.15, -0.1) is 0 Å². The van der Waals surface area contributed by atoms with Gasteiger partial charge in [-0.05, 0) is 37.6 Å². The molecule has 2 rings (SSSR count). The molecule has 26 heavy (non-hydrogen) atoms. The molecule has 0 aromatic heterocycles. The van der Waals surface area contributed by atoms with E-state index in [1.165, 1.54) is 0 Å². The fourth-order valence-electron chi connectivity index (χ4n) is 2.85. The van der Waals surface area contributed by atoms with Crippen molar-refractivity contribution in [1.82, 2.24) is 9.80 Å². The minimum Gasteiger partial charge on any atom is -0.481 e. The lowest BCUT2D eigenvalue weighted by Crippen LogP contribution is -2.46. The Morgan fingerprint density at radius 3 is 2.81 bits per heavy atom. The number of hydrogen-bond acceptors (Lipinski definition) is 5. The number of benzene rings is 1. The van der Waals surface area contributed by atoms with Crippen molar-refractivity contribution in [3.8, 4) is 11.8 Å². The highest BCUT2D eigenvalue weighted by atomic mass is 35.5. The molecule has 1 atom stereocenters. The molecule has 1 amide bonds. The smallest absolute Gasteiger partial charge is 0.263 e. The average Bonchev–Trinajstić information content (AvgIpc) is 2.64. The van der Waals surface area contributed by atoms with Crippen molar-refractivity contribution in [1.29, 1.82) is 5.26 Å². The van der Waals surface area contributed by atoms with E-state index in [0.29, 0.717) is 30.3 Å². The van der Waals surface area contributed by atoms with Gasteiger partial charge in [0.25, 0.3) is 5.91 Å². The highest BCUT2D eigenvalue weighted by molar-refractivity contribution is 6.30. The third kappa shape index (κ3) is 6.17. The highest BCUT2D eigenvalue weighted by Gasteiger charge is 2.23. The molecule has 1 heterocycles. The summed E-state index contributed by atoms with van der Waals surface area (Å²) in [5, 5.41) is 9.53. The normalized spacial score (nSPS) is 15.9. The lowest BCUT2D eigenvalue weighted by molar-refractivity contribution is -0.138. The molecule has 7 heteroatoms. The minimum atomic E-state index is -0.627. The quantitative estimate of drug-likeness (QED) is 0.694. The van der Waals surface area contributed by atoms with Crippen LogP contribution in [0.2, 0.25) is 5.02 Å². The topological polar surface area (TPSA) is 65.8 Å². The van der Waals surface area contributed by atoms with Crippen molar-refractivity contribution in [2.24, 2.45) is 0 Å². The number of halogens is 1. The second-order valence-corrected chi connectivity index (χ2v) is 6.79. The van der Waals surface area contributed by atoms with E-state index in [0.717, 1.165) is 38.4 Å². The van der Waals surface area contributed by atoms with Crippen LogP contribution in [0.1, 0.15) is 18.9 Å². The fraction of sp³-hybridized carbons (Fsp3) is 0.579. The van der Waals surface area contributed by atoms with E-state index >= 15 is 0 Å². The van der Waals surface area contributed by atoms with Crippen LogP contribution >= 0.6 is 11.6 Å². The summed E-state index contributed by atoms with van der Waals surface area (Å²) in [6.45, 7) is 8.58. The molecular weight excluding hydrogens is 354 g/mol. The molecule has 6 nitrogen and oxygen atoms in total. The van der Waals surface area contributed by atoms with E-state index < -0.39 is 6.10 Å². The fourth-order valence-corrected chi connectivity index (χ4v) is 3.07. The third-order valence-electron chi connectivity index (χ3n) is 4.38. The summed E-state index contributed by atoms with van der Waals surface area (Å²) < 4.78 is 11.2. The lowest BCUT2D eigenvalue weighted by atomic mass is 10.2. The van der Waals surface area contributed by atoms with E-state index in [9.17, 15) is 4.79 Å². The molecular formula is C19H26ClN3O3. The van der Waals surface area contributed by atoms with E-state index in [-0.39, 0.29) is 5.91 Å². The number of ether oxygens (including phenoxy) is 2. The molecule has 142 valence electrons. The first-order chi connectivity index (χ1) is 12.5. The van der Waals surface area contributed by atoms with Crippen LogP contribution in [0, 0.1) is 18.3 Å². The third-order valence-corrected chi connectivity index (χ3v) is 4.62. The maximum atomic E-state index is 12.8. The summed E-state index contributed by atoms with van der Waals surface area (Å²) in [6.07, 6.45) is -0.320. The first kappa shape index (κ1) is 20.5. The Morgan fingerprint density at radius 2 is 2.15 bits per heavy atom. The number of carbonyl (C=O) groups is 1. The lowest BCUT2D eigenvalue weighted by Gasteiger charge is -2.31. The van der Waals surface area contributed by atoms with E-state index in [1.54, 1.807) is 30.0 Å². The number of aryl methyl sites for hydroxylation is 1. The maximum absolute atomic E-state index is 12.8. The van der Waals surface area contributed by atoms with Crippen LogP contribution in [-0.4, -0.2) is 67.7 Å². The molecule has 0 N–H and O–H groups in total. The first-order valence-electron chi connectivity index (χ1n) is 8.90. The summed E-state index contributed by atoms with van der Waals surface area (Å²) in [7, 11) is 0. The molecule has 1 fully saturated rings. The van der Waals surface area contributed by atoms with Gasteiger partial charge in [-0.2, -0.15) is 5.26 Å². The summed E-state index contributed by atoms with van der Waals surface area (Å²) in [5.41, 5.74) is 0.883. The maximum Gasteiger partial charge on any atom is 0.263 e. The Labute approximate surface area is 160 Å². The van der Waals surface area contributed by atoms with Crippen molar-refractivity contribution in [3.63, 3.8) is 0 Å². The van der Waals surface area contributed by atoms with Gasteiger partial charge in [0.15, 0.2) is 6.10 Å².